The first-order valence-electron chi connectivity index (χ1n) is 7.76. The third-order valence-corrected chi connectivity index (χ3v) is 3.93. The van der Waals surface area contributed by atoms with Gasteiger partial charge in [-0.1, -0.05) is 41.9 Å². The number of benzene rings is 2. The van der Waals surface area contributed by atoms with E-state index in [2.05, 4.69) is 15.1 Å². The Morgan fingerprint density at radius 2 is 1.75 bits per heavy atom. The van der Waals surface area contributed by atoms with Gasteiger partial charge in [0.2, 0.25) is 11.8 Å². The van der Waals surface area contributed by atoms with Crippen molar-refractivity contribution in [3.8, 4) is 11.5 Å². The number of nitrogens with zero attached hydrogens (tertiary/aromatic N) is 3. The second-order valence-corrected chi connectivity index (χ2v) is 5.72. The summed E-state index contributed by atoms with van der Waals surface area (Å²) in [5.74, 6) is 0.914. The average Bonchev–Trinajstić information content (AvgIpc) is 3.08. The Balaban J connectivity index is 1.79. The highest BCUT2D eigenvalue weighted by Gasteiger charge is 2.15. The minimum atomic E-state index is 0.137. The number of para-hydroxylation sites is 1. The van der Waals surface area contributed by atoms with E-state index >= 15 is 0 Å². The summed E-state index contributed by atoms with van der Waals surface area (Å²) in [5, 5.41) is 17.9. The lowest BCUT2D eigenvalue weighted by Gasteiger charge is -2.22. The molecule has 3 aromatic rings. The number of aliphatic hydroxyl groups excluding tert-OH is 1. The first kappa shape index (κ1) is 16.5. The van der Waals surface area contributed by atoms with Gasteiger partial charge in [-0.2, -0.15) is 0 Å². The normalized spacial score (nSPS) is 10.8. The van der Waals surface area contributed by atoms with Crippen LogP contribution in [0, 0.1) is 0 Å². The van der Waals surface area contributed by atoms with Crippen molar-refractivity contribution in [3.05, 3.63) is 65.5 Å². The van der Waals surface area contributed by atoms with E-state index in [-0.39, 0.29) is 6.61 Å². The number of hydrogen-bond donors (Lipinski definition) is 1. The molecule has 0 bridgehead atoms. The maximum atomic E-state index is 9.12. The van der Waals surface area contributed by atoms with Crippen LogP contribution >= 0.6 is 11.6 Å². The van der Waals surface area contributed by atoms with Crippen molar-refractivity contribution in [2.24, 2.45) is 0 Å². The molecule has 1 aromatic heterocycles. The highest BCUT2D eigenvalue weighted by molar-refractivity contribution is 6.33. The topological polar surface area (TPSA) is 62.4 Å². The summed E-state index contributed by atoms with van der Waals surface area (Å²) in [6.45, 7) is 1.31. The average molecular weight is 344 g/mol. The van der Waals surface area contributed by atoms with Crippen molar-refractivity contribution in [3.63, 3.8) is 0 Å². The Morgan fingerprint density at radius 1 is 1.00 bits per heavy atom. The number of halogens is 1. The van der Waals surface area contributed by atoms with E-state index in [0.29, 0.717) is 36.3 Å². The van der Waals surface area contributed by atoms with Crippen LogP contribution in [0.5, 0.6) is 0 Å². The molecule has 3 rings (SSSR count). The minimum absolute atomic E-state index is 0.137. The summed E-state index contributed by atoms with van der Waals surface area (Å²) in [7, 11) is 0. The molecule has 0 amide bonds. The first-order chi connectivity index (χ1) is 11.8. The minimum Gasteiger partial charge on any atom is -0.419 e. The van der Waals surface area contributed by atoms with Crippen LogP contribution in [0.3, 0.4) is 0 Å². The van der Waals surface area contributed by atoms with Gasteiger partial charge >= 0.3 is 0 Å². The van der Waals surface area contributed by atoms with Crippen LogP contribution in [0.2, 0.25) is 5.02 Å². The molecule has 0 radical (unpaired) electrons. The lowest BCUT2D eigenvalue weighted by atomic mass is 10.2. The van der Waals surface area contributed by atoms with Crippen LogP contribution in [0.15, 0.2) is 59.0 Å². The number of anilines is 1. The molecule has 0 aliphatic heterocycles. The molecule has 124 valence electrons. The lowest BCUT2D eigenvalue weighted by molar-refractivity contribution is 0.289. The Bertz CT molecular complexity index is 777. The Morgan fingerprint density at radius 3 is 2.50 bits per heavy atom. The maximum Gasteiger partial charge on any atom is 0.249 e. The molecule has 0 aliphatic carbocycles. The molecule has 6 heteroatoms. The molecule has 0 unspecified atom stereocenters. The highest BCUT2D eigenvalue weighted by atomic mass is 35.5. The fourth-order valence-corrected chi connectivity index (χ4v) is 2.64. The zero-order valence-electron chi connectivity index (χ0n) is 13.1. The monoisotopic (exact) mass is 343 g/mol. The van der Waals surface area contributed by atoms with Crippen LogP contribution in [0.1, 0.15) is 12.3 Å². The zero-order chi connectivity index (χ0) is 16.8. The van der Waals surface area contributed by atoms with Crippen LogP contribution < -0.4 is 4.90 Å². The SMILES string of the molecule is OCCCN(Cc1nnc(-c2ccccc2Cl)o1)c1ccccc1. The smallest absolute Gasteiger partial charge is 0.249 e. The molecule has 5 nitrogen and oxygen atoms in total. The quantitative estimate of drug-likeness (QED) is 0.707. The lowest BCUT2D eigenvalue weighted by Crippen LogP contribution is -2.24. The van der Waals surface area contributed by atoms with E-state index in [1.165, 1.54) is 0 Å². The summed E-state index contributed by atoms with van der Waals surface area (Å²) in [4.78, 5) is 2.10. The van der Waals surface area contributed by atoms with Crippen LogP contribution in [-0.2, 0) is 6.54 Å². The molecule has 0 saturated heterocycles. The van der Waals surface area contributed by atoms with Gasteiger partial charge in [-0.25, -0.2) is 0 Å². The van der Waals surface area contributed by atoms with Crippen LogP contribution in [0.25, 0.3) is 11.5 Å². The van der Waals surface area contributed by atoms with Crippen LogP contribution in [0.4, 0.5) is 5.69 Å². The largest absolute Gasteiger partial charge is 0.419 e. The standard InChI is InChI=1S/C18H18ClN3O2/c19-16-10-5-4-9-15(16)18-21-20-17(24-18)13-22(11-6-12-23)14-7-2-1-3-8-14/h1-5,7-10,23H,6,11-13H2. The first-order valence-corrected chi connectivity index (χ1v) is 8.14. The molecular weight excluding hydrogens is 326 g/mol. The summed E-state index contributed by atoms with van der Waals surface area (Å²) in [6, 6.07) is 17.3. The van der Waals surface area contributed by atoms with Crippen molar-refractivity contribution in [1.82, 2.24) is 10.2 Å². The van der Waals surface area contributed by atoms with Crippen molar-refractivity contribution >= 4 is 17.3 Å². The molecule has 0 saturated carbocycles. The summed E-state index contributed by atoms with van der Waals surface area (Å²) in [6.07, 6.45) is 0.667. The Labute approximate surface area is 145 Å². The molecule has 0 spiro atoms. The van der Waals surface area contributed by atoms with Gasteiger partial charge in [0.05, 0.1) is 17.1 Å². The third kappa shape index (κ3) is 3.93. The van der Waals surface area contributed by atoms with Crippen molar-refractivity contribution in [2.75, 3.05) is 18.1 Å². The van der Waals surface area contributed by atoms with Crippen LogP contribution in [-0.4, -0.2) is 28.5 Å². The number of hydrogen-bond acceptors (Lipinski definition) is 5. The molecule has 0 atom stereocenters. The van der Waals surface area contributed by atoms with Gasteiger partial charge in [0, 0.05) is 18.8 Å². The predicted octanol–water partition coefficient (Wildman–Crippen LogP) is 3.78. The second kappa shape index (κ2) is 7.95. The van der Waals surface area contributed by atoms with Crippen molar-refractivity contribution in [1.29, 1.82) is 0 Å². The summed E-state index contributed by atoms with van der Waals surface area (Å²) < 4.78 is 5.77. The van der Waals surface area contributed by atoms with E-state index in [4.69, 9.17) is 21.1 Å². The number of aromatic nitrogens is 2. The number of aliphatic hydroxyl groups is 1. The fourth-order valence-electron chi connectivity index (χ4n) is 2.42. The Kier molecular flexibility index (Phi) is 5.46. The van der Waals surface area contributed by atoms with E-state index in [9.17, 15) is 0 Å². The number of rotatable bonds is 7. The fraction of sp³-hybridized carbons (Fsp3) is 0.222. The molecule has 0 fully saturated rings. The van der Waals surface area contributed by atoms with Gasteiger partial charge in [0.1, 0.15) is 0 Å². The van der Waals surface area contributed by atoms with E-state index in [1.54, 1.807) is 6.07 Å². The van der Waals surface area contributed by atoms with E-state index in [1.807, 2.05) is 48.5 Å². The van der Waals surface area contributed by atoms with Gasteiger partial charge < -0.3 is 14.4 Å². The van der Waals surface area contributed by atoms with Gasteiger partial charge in [-0.3, -0.25) is 0 Å². The predicted molar refractivity (Wildman–Crippen MR) is 93.9 cm³/mol. The zero-order valence-corrected chi connectivity index (χ0v) is 13.9. The molecule has 1 N–H and O–H groups in total. The van der Waals surface area contributed by atoms with Crippen molar-refractivity contribution < 1.29 is 9.52 Å². The Hall–Kier alpha value is -2.37. The van der Waals surface area contributed by atoms with Gasteiger partial charge in [0.25, 0.3) is 0 Å². The second-order valence-electron chi connectivity index (χ2n) is 5.32. The highest BCUT2D eigenvalue weighted by Crippen LogP contribution is 2.27. The summed E-state index contributed by atoms with van der Waals surface area (Å²) in [5.41, 5.74) is 1.77. The maximum absolute atomic E-state index is 9.12. The molecular formula is C18H18ClN3O2. The molecule has 0 aliphatic rings. The van der Waals surface area contributed by atoms with Gasteiger partial charge in [-0.15, -0.1) is 10.2 Å². The molecule has 2 aromatic carbocycles. The van der Waals surface area contributed by atoms with Gasteiger partial charge in [-0.05, 0) is 30.7 Å². The van der Waals surface area contributed by atoms with E-state index < -0.39 is 0 Å². The van der Waals surface area contributed by atoms with Gasteiger partial charge in [0.15, 0.2) is 0 Å². The van der Waals surface area contributed by atoms with Crippen molar-refractivity contribution in [2.45, 2.75) is 13.0 Å². The molecule has 1 heterocycles. The van der Waals surface area contributed by atoms with E-state index in [0.717, 1.165) is 11.3 Å². The molecule has 24 heavy (non-hydrogen) atoms. The third-order valence-electron chi connectivity index (χ3n) is 3.60. The summed E-state index contributed by atoms with van der Waals surface area (Å²) >= 11 is 6.17.